The molecule has 146 valence electrons. The van der Waals surface area contributed by atoms with Gasteiger partial charge in [-0.05, 0) is 18.2 Å². The van der Waals surface area contributed by atoms with Crippen molar-refractivity contribution in [1.82, 2.24) is 24.7 Å². The van der Waals surface area contributed by atoms with E-state index in [0.717, 1.165) is 19.6 Å². The first-order valence-electron chi connectivity index (χ1n) is 8.91. The fraction of sp³-hybridized carbons (Fsp3) is 0.316. The molecule has 0 atom stereocenters. The number of hydrogen-bond acceptors (Lipinski definition) is 5. The summed E-state index contributed by atoms with van der Waals surface area (Å²) in [6, 6.07) is 6.72. The summed E-state index contributed by atoms with van der Waals surface area (Å²) in [5.74, 6) is 0.307. The van der Waals surface area contributed by atoms with Crippen LogP contribution in [0.4, 0.5) is 0 Å². The van der Waals surface area contributed by atoms with Gasteiger partial charge in [-0.15, -0.1) is 0 Å². The first-order valence-corrected chi connectivity index (χ1v) is 9.66. The van der Waals surface area contributed by atoms with E-state index in [1.54, 1.807) is 33.8 Å². The number of rotatable bonds is 4. The lowest BCUT2D eigenvalue weighted by atomic mass is 10.1. The van der Waals surface area contributed by atoms with Crippen LogP contribution in [-0.2, 0) is 13.6 Å². The molecule has 1 aliphatic rings. The number of amides is 1. The number of benzene rings is 1. The Balaban J connectivity index is 1.38. The Hall–Kier alpha value is -2.35. The monoisotopic (exact) mass is 419 g/mol. The molecule has 3 heterocycles. The van der Waals surface area contributed by atoms with Crippen molar-refractivity contribution in [2.24, 2.45) is 7.05 Å². The van der Waals surface area contributed by atoms with Crippen molar-refractivity contribution in [3.63, 3.8) is 0 Å². The minimum atomic E-state index is -0.138. The van der Waals surface area contributed by atoms with E-state index in [9.17, 15) is 4.79 Å². The van der Waals surface area contributed by atoms with Crippen molar-refractivity contribution >= 4 is 29.1 Å². The number of aryl methyl sites for hydroxylation is 1. The molecule has 1 aliphatic heterocycles. The van der Waals surface area contributed by atoms with E-state index < -0.39 is 0 Å². The largest absolute Gasteiger partial charge is 0.355 e. The standard InChI is InChI=1S/C19H19Cl2N5O2/c1-24-11-13(10-22-24)12-25-4-6-26(7-5-25)19(27)17-9-18(28-23-17)15-3-2-14(20)8-16(15)21/h2-3,8-11H,4-7,12H2,1H3. The fourth-order valence-electron chi connectivity index (χ4n) is 3.28. The molecule has 0 radical (unpaired) electrons. The molecule has 0 saturated carbocycles. The van der Waals surface area contributed by atoms with Crippen molar-refractivity contribution in [3.8, 4) is 11.3 Å². The van der Waals surface area contributed by atoms with E-state index in [0.29, 0.717) is 34.5 Å². The van der Waals surface area contributed by atoms with E-state index in [4.69, 9.17) is 27.7 Å². The number of piperazine rings is 1. The topological polar surface area (TPSA) is 67.4 Å². The molecule has 1 fully saturated rings. The van der Waals surface area contributed by atoms with Crippen LogP contribution in [0.15, 0.2) is 41.2 Å². The maximum absolute atomic E-state index is 12.8. The van der Waals surface area contributed by atoms with E-state index in [-0.39, 0.29) is 11.6 Å². The van der Waals surface area contributed by atoms with Gasteiger partial charge >= 0.3 is 0 Å². The summed E-state index contributed by atoms with van der Waals surface area (Å²) in [6.45, 7) is 3.72. The smallest absolute Gasteiger partial charge is 0.276 e. The van der Waals surface area contributed by atoms with E-state index in [1.807, 2.05) is 19.4 Å². The van der Waals surface area contributed by atoms with Gasteiger partial charge in [0.15, 0.2) is 11.5 Å². The Morgan fingerprint density at radius 3 is 2.64 bits per heavy atom. The van der Waals surface area contributed by atoms with E-state index in [2.05, 4.69) is 15.2 Å². The highest BCUT2D eigenvalue weighted by molar-refractivity contribution is 6.36. The molecule has 28 heavy (non-hydrogen) atoms. The van der Waals surface area contributed by atoms with Crippen molar-refractivity contribution in [2.75, 3.05) is 26.2 Å². The highest BCUT2D eigenvalue weighted by Gasteiger charge is 2.25. The normalized spacial score (nSPS) is 15.2. The zero-order chi connectivity index (χ0) is 19.7. The van der Waals surface area contributed by atoms with Gasteiger partial charge in [-0.2, -0.15) is 5.10 Å². The summed E-state index contributed by atoms with van der Waals surface area (Å²) in [5, 5.41) is 9.12. The third kappa shape index (κ3) is 4.06. The molecule has 0 spiro atoms. The van der Waals surface area contributed by atoms with Crippen LogP contribution >= 0.6 is 23.2 Å². The SMILES string of the molecule is Cn1cc(CN2CCN(C(=O)c3cc(-c4ccc(Cl)cc4Cl)on3)CC2)cn1. The maximum Gasteiger partial charge on any atom is 0.276 e. The van der Waals surface area contributed by atoms with Crippen molar-refractivity contribution in [1.29, 1.82) is 0 Å². The fourth-order valence-corrected chi connectivity index (χ4v) is 3.78. The van der Waals surface area contributed by atoms with Gasteiger partial charge in [0.05, 0.1) is 11.2 Å². The Kier molecular flexibility index (Phi) is 5.39. The van der Waals surface area contributed by atoms with Gasteiger partial charge in [-0.1, -0.05) is 28.4 Å². The minimum absolute atomic E-state index is 0.138. The maximum atomic E-state index is 12.8. The predicted molar refractivity (Wildman–Crippen MR) is 106 cm³/mol. The van der Waals surface area contributed by atoms with Gasteiger partial charge < -0.3 is 9.42 Å². The Morgan fingerprint density at radius 2 is 1.96 bits per heavy atom. The zero-order valence-corrected chi connectivity index (χ0v) is 16.8. The zero-order valence-electron chi connectivity index (χ0n) is 15.3. The second-order valence-electron chi connectivity index (χ2n) is 6.79. The summed E-state index contributed by atoms with van der Waals surface area (Å²) in [5.41, 5.74) is 2.10. The van der Waals surface area contributed by atoms with Gasteiger partial charge in [0.2, 0.25) is 0 Å². The summed E-state index contributed by atoms with van der Waals surface area (Å²) in [7, 11) is 1.91. The lowest BCUT2D eigenvalue weighted by Gasteiger charge is -2.34. The van der Waals surface area contributed by atoms with Gasteiger partial charge in [-0.3, -0.25) is 14.4 Å². The quantitative estimate of drug-likeness (QED) is 0.648. The molecule has 0 aliphatic carbocycles. The van der Waals surface area contributed by atoms with Crippen LogP contribution in [0.5, 0.6) is 0 Å². The molecule has 0 unspecified atom stereocenters. The van der Waals surface area contributed by atoms with Crippen LogP contribution < -0.4 is 0 Å². The number of carbonyl (C=O) groups is 1. The summed E-state index contributed by atoms with van der Waals surface area (Å²) >= 11 is 12.1. The number of hydrogen-bond donors (Lipinski definition) is 0. The summed E-state index contributed by atoms with van der Waals surface area (Å²) < 4.78 is 7.14. The van der Waals surface area contributed by atoms with Crippen LogP contribution in [0.3, 0.4) is 0 Å². The third-order valence-corrected chi connectivity index (χ3v) is 5.30. The molecule has 7 nitrogen and oxygen atoms in total. The van der Waals surface area contributed by atoms with E-state index >= 15 is 0 Å². The molecular formula is C19H19Cl2N5O2. The molecule has 2 aromatic heterocycles. The lowest BCUT2D eigenvalue weighted by Crippen LogP contribution is -2.48. The molecular weight excluding hydrogens is 401 g/mol. The molecule has 1 amide bonds. The molecule has 0 bridgehead atoms. The second-order valence-corrected chi connectivity index (χ2v) is 7.63. The van der Waals surface area contributed by atoms with Gasteiger partial charge in [0.25, 0.3) is 5.91 Å². The van der Waals surface area contributed by atoms with Crippen LogP contribution in [0.2, 0.25) is 10.0 Å². The highest BCUT2D eigenvalue weighted by Crippen LogP contribution is 2.31. The summed E-state index contributed by atoms with van der Waals surface area (Å²) in [4.78, 5) is 16.9. The molecule has 0 N–H and O–H groups in total. The average molecular weight is 420 g/mol. The molecule has 9 heteroatoms. The number of halogens is 2. The highest BCUT2D eigenvalue weighted by atomic mass is 35.5. The second kappa shape index (κ2) is 7.95. The Bertz CT molecular complexity index is 992. The van der Waals surface area contributed by atoms with Crippen LogP contribution in [0.25, 0.3) is 11.3 Å². The van der Waals surface area contributed by atoms with Crippen molar-refractivity contribution < 1.29 is 9.32 Å². The molecule has 4 rings (SSSR count). The average Bonchev–Trinajstić information content (AvgIpc) is 3.31. The molecule has 3 aromatic rings. The van der Waals surface area contributed by atoms with Crippen LogP contribution in [0.1, 0.15) is 16.1 Å². The molecule has 1 aromatic carbocycles. The third-order valence-electron chi connectivity index (χ3n) is 4.75. The first-order chi connectivity index (χ1) is 13.5. The molecule has 1 saturated heterocycles. The predicted octanol–water partition coefficient (Wildman–Crippen LogP) is 3.34. The van der Waals surface area contributed by atoms with Gasteiger partial charge in [-0.25, -0.2) is 0 Å². The van der Waals surface area contributed by atoms with Crippen LogP contribution in [-0.4, -0.2) is 56.8 Å². The number of aromatic nitrogens is 3. The van der Waals surface area contributed by atoms with Gasteiger partial charge in [0, 0.05) is 68.2 Å². The van der Waals surface area contributed by atoms with E-state index in [1.165, 1.54) is 5.56 Å². The number of carbonyl (C=O) groups excluding carboxylic acids is 1. The summed E-state index contributed by atoms with van der Waals surface area (Å²) in [6.07, 6.45) is 3.88. The number of nitrogens with zero attached hydrogens (tertiary/aromatic N) is 5. The Morgan fingerprint density at radius 1 is 1.18 bits per heavy atom. The minimum Gasteiger partial charge on any atom is -0.355 e. The van der Waals surface area contributed by atoms with Gasteiger partial charge in [0.1, 0.15) is 0 Å². The van der Waals surface area contributed by atoms with Crippen molar-refractivity contribution in [3.05, 3.63) is 58.0 Å². The lowest BCUT2D eigenvalue weighted by molar-refractivity contribution is 0.0618. The van der Waals surface area contributed by atoms with Crippen LogP contribution in [0, 0.1) is 0 Å². The first kappa shape index (κ1) is 19.0. The van der Waals surface area contributed by atoms with Crippen molar-refractivity contribution in [2.45, 2.75) is 6.54 Å². The Labute approximate surface area is 172 Å².